The third kappa shape index (κ3) is 4.62. The molecule has 0 aliphatic carbocycles. The smallest absolute Gasteiger partial charge is 0.191 e. The van der Waals surface area contributed by atoms with Gasteiger partial charge in [0.1, 0.15) is 0 Å². The van der Waals surface area contributed by atoms with Crippen molar-refractivity contribution in [1.29, 1.82) is 5.26 Å². The molecule has 0 bridgehead atoms. The molecule has 31 heavy (non-hydrogen) atoms. The fourth-order valence-electron chi connectivity index (χ4n) is 4.32. The van der Waals surface area contributed by atoms with Crippen molar-refractivity contribution in [3.63, 3.8) is 0 Å². The van der Waals surface area contributed by atoms with Crippen molar-refractivity contribution in [2.45, 2.75) is 32.2 Å². The molecule has 3 aromatic rings. The number of aryl methyl sites for hydroxylation is 1. The van der Waals surface area contributed by atoms with Crippen molar-refractivity contribution < 1.29 is 0 Å². The van der Waals surface area contributed by atoms with Crippen LogP contribution < -0.4 is 5.73 Å². The van der Waals surface area contributed by atoms with E-state index in [9.17, 15) is 5.26 Å². The molecule has 0 saturated heterocycles. The minimum Gasteiger partial charge on any atom is -0.370 e. The van der Waals surface area contributed by atoms with Gasteiger partial charge in [-0.15, -0.1) is 0 Å². The first-order chi connectivity index (χ1) is 15.0. The summed E-state index contributed by atoms with van der Waals surface area (Å²) in [7, 11) is 2.05. The normalized spacial score (nSPS) is 16.4. The molecular weight excluding hydrogens is 380 g/mol. The molecule has 1 aliphatic rings. The summed E-state index contributed by atoms with van der Waals surface area (Å²) >= 11 is 0. The molecule has 0 fully saturated rings. The minimum atomic E-state index is 0.231. The zero-order chi connectivity index (χ0) is 21.8. The molecule has 1 unspecified atom stereocenters. The molecule has 0 radical (unpaired) electrons. The Balaban J connectivity index is 1.63. The van der Waals surface area contributed by atoms with E-state index in [4.69, 9.17) is 5.73 Å². The molecule has 1 aliphatic heterocycles. The van der Waals surface area contributed by atoms with E-state index in [-0.39, 0.29) is 6.04 Å². The maximum Gasteiger partial charge on any atom is 0.191 e. The van der Waals surface area contributed by atoms with Crippen LogP contribution in [0.4, 0.5) is 0 Å². The maximum atomic E-state index is 9.19. The van der Waals surface area contributed by atoms with Crippen LogP contribution in [0.15, 0.2) is 71.7 Å². The average molecular weight is 409 g/mol. The summed E-state index contributed by atoms with van der Waals surface area (Å²) < 4.78 is 0. The van der Waals surface area contributed by atoms with E-state index in [0.29, 0.717) is 11.5 Å². The zero-order valence-electron chi connectivity index (χ0n) is 18.2. The summed E-state index contributed by atoms with van der Waals surface area (Å²) in [5.41, 5.74) is 14.5. The molecule has 1 heterocycles. The van der Waals surface area contributed by atoms with Crippen molar-refractivity contribution in [2.24, 2.45) is 10.7 Å². The number of benzene rings is 3. The molecule has 156 valence electrons. The number of fused-ring (bicyclic) bond motifs is 1. The average Bonchev–Trinajstić information content (AvgIpc) is 2.85. The lowest BCUT2D eigenvalue weighted by molar-refractivity contribution is 0.355. The van der Waals surface area contributed by atoms with Gasteiger partial charge in [-0.05, 0) is 71.7 Å². The highest BCUT2D eigenvalue weighted by molar-refractivity contribution is 5.78. The van der Waals surface area contributed by atoms with Crippen LogP contribution in [-0.2, 0) is 19.3 Å². The van der Waals surface area contributed by atoms with Gasteiger partial charge in [0.2, 0.25) is 0 Å². The fraction of sp³-hybridized carbons (Fsp3) is 0.259. The summed E-state index contributed by atoms with van der Waals surface area (Å²) in [5.74, 6) is 0.611. The van der Waals surface area contributed by atoms with E-state index < -0.39 is 0 Å². The SMILES string of the molecule is Cc1cc(-c2cccc(C#N)c2)ccc1CC1Cc2ccccc2CCN=C(N)N1C. The van der Waals surface area contributed by atoms with E-state index in [1.807, 2.05) is 18.2 Å². The monoisotopic (exact) mass is 408 g/mol. The molecular formula is C27H28N4. The number of guanidine groups is 1. The van der Waals surface area contributed by atoms with Crippen LogP contribution in [0, 0.1) is 18.3 Å². The predicted octanol–water partition coefficient (Wildman–Crippen LogP) is 4.49. The molecule has 0 saturated carbocycles. The second-order valence-electron chi connectivity index (χ2n) is 8.27. The summed E-state index contributed by atoms with van der Waals surface area (Å²) in [6.45, 7) is 2.88. The Bertz CT molecular complexity index is 1160. The number of nitriles is 1. The summed E-state index contributed by atoms with van der Waals surface area (Å²) in [5, 5.41) is 9.19. The molecule has 4 nitrogen and oxygen atoms in total. The van der Waals surface area contributed by atoms with Gasteiger partial charge in [-0.2, -0.15) is 5.26 Å². The molecule has 0 spiro atoms. The number of hydrogen-bond donors (Lipinski definition) is 1. The molecule has 1 atom stereocenters. The fourth-order valence-corrected chi connectivity index (χ4v) is 4.32. The minimum absolute atomic E-state index is 0.231. The first kappa shape index (κ1) is 20.7. The zero-order valence-corrected chi connectivity index (χ0v) is 18.2. The highest BCUT2D eigenvalue weighted by Gasteiger charge is 2.21. The second-order valence-corrected chi connectivity index (χ2v) is 8.27. The summed E-state index contributed by atoms with van der Waals surface area (Å²) in [6, 6.07) is 25.5. The highest BCUT2D eigenvalue weighted by atomic mass is 15.3. The molecule has 4 heteroatoms. The number of likely N-dealkylation sites (N-methyl/N-ethyl adjacent to an activating group) is 1. The maximum absolute atomic E-state index is 9.19. The van der Waals surface area contributed by atoms with Crippen molar-refractivity contribution in [3.8, 4) is 17.2 Å². The van der Waals surface area contributed by atoms with Crippen molar-refractivity contribution in [3.05, 3.63) is 94.5 Å². The summed E-state index contributed by atoms with van der Waals surface area (Å²) in [4.78, 5) is 6.73. The molecule has 0 aromatic heterocycles. The topological polar surface area (TPSA) is 65.4 Å². The Labute approximate surface area is 184 Å². The van der Waals surface area contributed by atoms with Crippen LogP contribution in [0.5, 0.6) is 0 Å². The number of hydrogen-bond acceptors (Lipinski definition) is 4. The lowest BCUT2D eigenvalue weighted by atomic mass is 9.91. The van der Waals surface area contributed by atoms with Gasteiger partial charge in [0, 0.05) is 19.6 Å². The van der Waals surface area contributed by atoms with Crippen molar-refractivity contribution >= 4 is 5.96 Å². The predicted molar refractivity (Wildman–Crippen MR) is 127 cm³/mol. The van der Waals surface area contributed by atoms with Gasteiger partial charge >= 0.3 is 0 Å². The lowest BCUT2D eigenvalue weighted by Crippen LogP contribution is -2.44. The van der Waals surface area contributed by atoms with Gasteiger partial charge in [-0.3, -0.25) is 4.99 Å². The van der Waals surface area contributed by atoms with E-state index in [2.05, 4.69) is 78.5 Å². The number of rotatable bonds is 3. The quantitative estimate of drug-likeness (QED) is 0.694. The van der Waals surface area contributed by atoms with Crippen LogP contribution in [0.1, 0.15) is 27.8 Å². The van der Waals surface area contributed by atoms with E-state index >= 15 is 0 Å². The van der Waals surface area contributed by atoms with Crippen molar-refractivity contribution in [2.75, 3.05) is 13.6 Å². The molecule has 2 N–H and O–H groups in total. The highest BCUT2D eigenvalue weighted by Crippen LogP contribution is 2.26. The van der Waals surface area contributed by atoms with E-state index in [1.165, 1.54) is 22.3 Å². The Hall–Kier alpha value is -3.58. The Morgan fingerprint density at radius 1 is 1.03 bits per heavy atom. The van der Waals surface area contributed by atoms with Gasteiger partial charge in [-0.25, -0.2) is 0 Å². The number of nitrogens with zero attached hydrogens (tertiary/aromatic N) is 3. The largest absolute Gasteiger partial charge is 0.370 e. The Kier molecular flexibility index (Phi) is 6.04. The second kappa shape index (κ2) is 9.06. The third-order valence-electron chi connectivity index (χ3n) is 6.26. The van der Waals surface area contributed by atoms with Gasteiger partial charge < -0.3 is 10.6 Å². The third-order valence-corrected chi connectivity index (χ3v) is 6.26. The van der Waals surface area contributed by atoms with Gasteiger partial charge in [0.15, 0.2) is 5.96 Å². The van der Waals surface area contributed by atoms with Crippen LogP contribution in [0.25, 0.3) is 11.1 Å². The van der Waals surface area contributed by atoms with Gasteiger partial charge in [0.25, 0.3) is 0 Å². The molecule has 3 aromatic carbocycles. The first-order valence-electron chi connectivity index (χ1n) is 10.7. The Morgan fingerprint density at radius 2 is 1.81 bits per heavy atom. The van der Waals surface area contributed by atoms with Crippen LogP contribution >= 0.6 is 0 Å². The van der Waals surface area contributed by atoms with E-state index in [1.54, 1.807) is 0 Å². The summed E-state index contributed by atoms with van der Waals surface area (Å²) in [6.07, 6.45) is 2.76. The molecule has 0 amide bonds. The lowest BCUT2D eigenvalue weighted by Gasteiger charge is -2.30. The van der Waals surface area contributed by atoms with E-state index in [0.717, 1.165) is 36.9 Å². The van der Waals surface area contributed by atoms with Gasteiger partial charge in [0.05, 0.1) is 11.6 Å². The number of nitrogens with two attached hydrogens (primary N) is 1. The molecule has 4 rings (SSSR count). The number of aliphatic imine (C=N–C) groups is 1. The van der Waals surface area contributed by atoms with Crippen LogP contribution in [0.3, 0.4) is 0 Å². The Morgan fingerprint density at radius 3 is 2.58 bits per heavy atom. The van der Waals surface area contributed by atoms with Gasteiger partial charge in [-0.1, -0.05) is 54.6 Å². The first-order valence-corrected chi connectivity index (χ1v) is 10.7. The van der Waals surface area contributed by atoms with Crippen LogP contribution in [0.2, 0.25) is 0 Å². The van der Waals surface area contributed by atoms with Crippen molar-refractivity contribution in [1.82, 2.24) is 4.90 Å². The standard InChI is InChI=1S/C27H28N4/c1-19-14-25(23-9-5-6-20(15-23)18-28)11-10-22(19)16-26-17-24-8-4-3-7-21(24)12-13-30-27(29)31(26)2/h3-11,14-15,26H,12-13,16-17H2,1-2H3,(H2,29,30). The van der Waals surface area contributed by atoms with Crippen LogP contribution in [-0.4, -0.2) is 30.5 Å².